The van der Waals surface area contributed by atoms with Gasteiger partial charge in [-0.15, -0.1) is 0 Å². The molecule has 0 aliphatic heterocycles. The van der Waals surface area contributed by atoms with Gasteiger partial charge in [-0.3, -0.25) is 9.59 Å². The molecule has 0 saturated carbocycles. The van der Waals surface area contributed by atoms with Crippen molar-refractivity contribution in [3.63, 3.8) is 0 Å². The predicted octanol–water partition coefficient (Wildman–Crippen LogP) is 10.5. The molecular weight excluding hydrogens is 526 g/mol. The number of esters is 1. The maximum absolute atomic E-state index is 12.2. The van der Waals surface area contributed by atoms with Crippen LogP contribution in [0.2, 0.25) is 0 Å². The van der Waals surface area contributed by atoms with Gasteiger partial charge in [0.15, 0.2) is 0 Å². The number of aliphatic carboxylic acids is 1. The summed E-state index contributed by atoms with van der Waals surface area (Å²) in [7, 11) is 0. The number of carboxylic acid groups (broad SMARTS) is 1. The van der Waals surface area contributed by atoms with E-state index >= 15 is 0 Å². The first-order valence-corrected chi connectivity index (χ1v) is 18.2. The number of carbonyl (C=O) groups is 3. The molecule has 0 aliphatic rings. The Bertz CT molecular complexity index is 624. The lowest BCUT2D eigenvalue weighted by Gasteiger charge is -2.14. The Morgan fingerprint density at radius 2 is 0.881 bits per heavy atom. The summed E-state index contributed by atoms with van der Waals surface area (Å²) in [6.07, 6.45) is 33.1. The zero-order valence-electron chi connectivity index (χ0n) is 27.9. The topological polar surface area (TPSA) is 92.7 Å². The number of ether oxygens (including phenoxy) is 1. The number of nitrogens with one attached hydrogen (secondary N) is 1. The lowest BCUT2D eigenvalue weighted by atomic mass is 10.0. The fourth-order valence-electron chi connectivity index (χ4n) is 5.47. The number of hydrogen-bond donors (Lipinski definition) is 2. The highest BCUT2D eigenvalue weighted by Crippen LogP contribution is 2.14. The Hall–Kier alpha value is -1.59. The molecule has 248 valence electrons. The minimum absolute atomic E-state index is 0.00829. The summed E-state index contributed by atoms with van der Waals surface area (Å²) >= 11 is 0. The van der Waals surface area contributed by atoms with Crippen LogP contribution < -0.4 is 5.32 Å². The smallest absolute Gasteiger partial charge is 0.326 e. The molecule has 0 aromatic rings. The molecule has 0 aromatic heterocycles. The van der Waals surface area contributed by atoms with Gasteiger partial charge in [-0.1, -0.05) is 168 Å². The summed E-state index contributed by atoms with van der Waals surface area (Å²) < 4.78 is 5.29. The molecule has 0 rings (SSSR count). The van der Waals surface area contributed by atoms with Gasteiger partial charge in [-0.25, -0.2) is 4.79 Å². The van der Waals surface area contributed by atoms with Gasteiger partial charge in [0, 0.05) is 12.8 Å². The Kier molecular flexibility index (Phi) is 31.1. The average molecular weight is 596 g/mol. The number of hydrogen-bond acceptors (Lipinski definition) is 4. The van der Waals surface area contributed by atoms with Gasteiger partial charge in [-0.05, 0) is 19.3 Å². The van der Waals surface area contributed by atoms with Crippen LogP contribution in [0.1, 0.15) is 200 Å². The van der Waals surface area contributed by atoms with Crippen molar-refractivity contribution in [3.05, 3.63) is 0 Å². The van der Waals surface area contributed by atoms with Crippen LogP contribution >= 0.6 is 0 Å². The van der Waals surface area contributed by atoms with E-state index in [-0.39, 0.29) is 24.7 Å². The molecule has 6 nitrogen and oxygen atoms in total. The fourth-order valence-corrected chi connectivity index (χ4v) is 5.47. The van der Waals surface area contributed by atoms with E-state index < -0.39 is 12.0 Å². The van der Waals surface area contributed by atoms with E-state index in [9.17, 15) is 19.5 Å². The molecule has 2 N–H and O–H groups in total. The van der Waals surface area contributed by atoms with Gasteiger partial charge in [0.25, 0.3) is 0 Å². The van der Waals surface area contributed by atoms with Crippen molar-refractivity contribution in [2.45, 2.75) is 206 Å². The van der Waals surface area contributed by atoms with Crippen molar-refractivity contribution >= 4 is 17.8 Å². The highest BCUT2D eigenvalue weighted by molar-refractivity contribution is 5.84. The molecule has 0 bridgehead atoms. The first-order valence-electron chi connectivity index (χ1n) is 18.2. The molecule has 0 aromatic carbocycles. The van der Waals surface area contributed by atoms with E-state index in [2.05, 4.69) is 19.2 Å². The van der Waals surface area contributed by atoms with Crippen molar-refractivity contribution in [1.82, 2.24) is 5.32 Å². The second-order valence-electron chi connectivity index (χ2n) is 12.5. The maximum atomic E-state index is 12.2. The first-order chi connectivity index (χ1) is 20.5. The minimum atomic E-state index is -1.10. The van der Waals surface area contributed by atoms with Crippen molar-refractivity contribution in [2.24, 2.45) is 0 Å². The Balaban J connectivity index is 3.61. The van der Waals surface area contributed by atoms with Crippen LogP contribution in [0.4, 0.5) is 0 Å². The van der Waals surface area contributed by atoms with Crippen molar-refractivity contribution in [3.8, 4) is 0 Å². The summed E-state index contributed by atoms with van der Waals surface area (Å²) in [5.74, 6) is -1.73. The Morgan fingerprint density at radius 3 is 1.26 bits per heavy atom. The molecule has 6 heteroatoms. The van der Waals surface area contributed by atoms with Crippen molar-refractivity contribution < 1.29 is 24.2 Å². The van der Waals surface area contributed by atoms with Gasteiger partial charge in [-0.2, -0.15) is 0 Å². The SMILES string of the molecule is CCCCCCCCCCCCCCCCCCOC(=O)CC[C@H](NC(=O)CCCCCCCCCCCC)C(=O)O. The monoisotopic (exact) mass is 596 g/mol. The van der Waals surface area contributed by atoms with Gasteiger partial charge in [0.05, 0.1) is 6.61 Å². The third kappa shape index (κ3) is 29.9. The standard InChI is InChI=1S/C36H69NO5/c1-3-5-7-9-11-13-15-16-17-18-19-20-22-24-26-28-32-42-35(39)31-30-33(36(40)41)37-34(38)29-27-25-23-21-14-12-10-8-6-4-2/h33H,3-32H2,1-2H3,(H,37,38)(H,40,41)/t33-/m0/s1. The lowest BCUT2D eigenvalue weighted by molar-refractivity contribution is -0.145. The van der Waals surface area contributed by atoms with Crippen LogP contribution in [0.5, 0.6) is 0 Å². The number of carboxylic acids is 1. The fraction of sp³-hybridized carbons (Fsp3) is 0.917. The first kappa shape index (κ1) is 40.4. The van der Waals surface area contributed by atoms with E-state index in [4.69, 9.17) is 4.74 Å². The van der Waals surface area contributed by atoms with Crippen LogP contribution in [-0.2, 0) is 19.1 Å². The second-order valence-corrected chi connectivity index (χ2v) is 12.5. The van der Waals surface area contributed by atoms with Crippen molar-refractivity contribution in [1.29, 1.82) is 0 Å². The highest BCUT2D eigenvalue weighted by atomic mass is 16.5. The molecule has 42 heavy (non-hydrogen) atoms. The van der Waals surface area contributed by atoms with E-state index in [1.165, 1.54) is 135 Å². The molecule has 1 amide bonds. The van der Waals surface area contributed by atoms with Crippen LogP contribution in [0, 0.1) is 0 Å². The molecule has 0 fully saturated rings. The van der Waals surface area contributed by atoms with Crippen LogP contribution in [0.25, 0.3) is 0 Å². The van der Waals surface area contributed by atoms with Crippen LogP contribution in [-0.4, -0.2) is 35.6 Å². The summed E-state index contributed by atoms with van der Waals surface area (Å²) in [6.45, 7) is 4.89. The van der Waals surface area contributed by atoms with E-state index in [1.807, 2.05) is 0 Å². The third-order valence-electron chi connectivity index (χ3n) is 8.29. The number of amides is 1. The quantitative estimate of drug-likeness (QED) is 0.0581. The minimum Gasteiger partial charge on any atom is -0.480 e. The lowest BCUT2D eigenvalue weighted by Crippen LogP contribution is -2.41. The molecule has 0 aliphatic carbocycles. The zero-order chi connectivity index (χ0) is 30.9. The zero-order valence-corrected chi connectivity index (χ0v) is 27.9. The average Bonchev–Trinajstić information content (AvgIpc) is 2.97. The third-order valence-corrected chi connectivity index (χ3v) is 8.29. The Labute approximate surface area is 259 Å². The summed E-state index contributed by atoms with van der Waals surface area (Å²) in [5.41, 5.74) is 0. The molecule has 0 spiro atoms. The van der Waals surface area contributed by atoms with E-state index in [1.54, 1.807) is 0 Å². The van der Waals surface area contributed by atoms with Gasteiger partial charge < -0.3 is 15.2 Å². The summed E-state index contributed by atoms with van der Waals surface area (Å²) in [5, 5.41) is 12.0. The molecule has 0 unspecified atom stereocenters. The highest BCUT2D eigenvalue weighted by Gasteiger charge is 2.21. The van der Waals surface area contributed by atoms with Crippen LogP contribution in [0.15, 0.2) is 0 Å². The van der Waals surface area contributed by atoms with Crippen molar-refractivity contribution in [2.75, 3.05) is 6.61 Å². The summed E-state index contributed by atoms with van der Waals surface area (Å²) in [6, 6.07) is -1.04. The largest absolute Gasteiger partial charge is 0.480 e. The second kappa shape index (κ2) is 32.3. The number of unbranched alkanes of at least 4 members (excludes halogenated alkanes) is 24. The number of rotatable bonds is 33. The molecular formula is C36H69NO5. The molecule has 1 atom stereocenters. The van der Waals surface area contributed by atoms with Gasteiger partial charge >= 0.3 is 11.9 Å². The van der Waals surface area contributed by atoms with Gasteiger partial charge in [0.1, 0.15) is 6.04 Å². The normalized spacial score (nSPS) is 11.9. The Morgan fingerprint density at radius 1 is 0.524 bits per heavy atom. The molecule has 0 radical (unpaired) electrons. The van der Waals surface area contributed by atoms with Crippen LogP contribution in [0.3, 0.4) is 0 Å². The van der Waals surface area contributed by atoms with E-state index in [0.29, 0.717) is 13.0 Å². The van der Waals surface area contributed by atoms with Gasteiger partial charge in [0.2, 0.25) is 5.91 Å². The molecule has 0 heterocycles. The molecule has 0 saturated heterocycles. The summed E-state index contributed by atoms with van der Waals surface area (Å²) in [4.78, 5) is 35.8. The predicted molar refractivity (Wildman–Crippen MR) is 176 cm³/mol. The number of carbonyl (C=O) groups excluding carboxylic acids is 2. The maximum Gasteiger partial charge on any atom is 0.326 e. The van der Waals surface area contributed by atoms with E-state index in [0.717, 1.165) is 32.1 Å².